The number of rotatable bonds is 1. The third kappa shape index (κ3) is 3.50. The monoisotopic (exact) mass is 208 g/mol. The minimum Gasteiger partial charge on any atom is -0.288 e. The first kappa shape index (κ1) is 12.5. The van der Waals surface area contributed by atoms with Crippen LogP contribution in [0.1, 0.15) is 47.0 Å². The molecular formula is C13H24N2. The van der Waals surface area contributed by atoms with Crippen molar-refractivity contribution in [1.82, 2.24) is 4.90 Å². The van der Waals surface area contributed by atoms with Crippen LogP contribution >= 0.6 is 0 Å². The number of nitriles is 1. The molecule has 1 saturated heterocycles. The van der Waals surface area contributed by atoms with Crippen molar-refractivity contribution in [1.29, 1.82) is 5.26 Å². The minimum atomic E-state index is 0.0868. The van der Waals surface area contributed by atoms with Gasteiger partial charge in [-0.25, -0.2) is 0 Å². The second-order valence-electron chi connectivity index (χ2n) is 5.83. The van der Waals surface area contributed by atoms with Gasteiger partial charge in [0.2, 0.25) is 0 Å². The summed E-state index contributed by atoms with van der Waals surface area (Å²) < 4.78 is 0. The Morgan fingerprint density at radius 3 is 2.47 bits per heavy atom. The minimum absolute atomic E-state index is 0.0868. The fraction of sp³-hybridized carbons (Fsp3) is 0.923. The molecule has 2 heteroatoms. The molecule has 0 radical (unpaired) electrons. The number of likely N-dealkylation sites (tertiary alicyclic amines) is 1. The van der Waals surface area contributed by atoms with Crippen LogP contribution in [0.2, 0.25) is 0 Å². The lowest BCUT2D eigenvalue weighted by Gasteiger charge is -2.30. The first-order valence-corrected chi connectivity index (χ1v) is 6.09. The molecule has 0 bridgehead atoms. The average molecular weight is 208 g/mol. The summed E-state index contributed by atoms with van der Waals surface area (Å²) in [6.07, 6.45) is 3.81. The van der Waals surface area contributed by atoms with Crippen molar-refractivity contribution in [3.8, 4) is 6.07 Å². The highest BCUT2D eigenvalue weighted by Crippen LogP contribution is 2.34. The predicted octanol–water partition coefficient (Wildman–Crippen LogP) is 3.05. The van der Waals surface area contributed by atoms with E-state index in [1.165, 1.54) is 19.3 Å². The van der Waals surface area contributed by atoms with Crippen molar-refractivity contribution in [2.24, 2.45) is 11.3 Å². The van der Waals surface area contributed by atoms with Crippen molar-refractivity contribution >= 4 is 0 Å². The molecule has 0 spiro atoms. The molecule has 1 aliphatic heterocycles. The van der Waals surface area contributed by atoms with Crippen LogP contribution in [0, 0.1) is 22.7 Å². The molecule has 1 rings (SSSR count). The van der Waals surface area contributed by atoms with Gasteiger partial charge in [-0.1, -0.05) is 20.8 Å². The molecule has 0 aromatic heterocycles. The van der Waals surface area contributed by atoms with E-state index in [1.54, 1.807) is 0 Å². The first-order valence-electron chi connectivity index (χ1n) is 6.09. The molecule has 1 fully saturated rings. The van der Waals surface area contributed by atoms with Gasteiger partial charge in [0.1, 0.15) is 0 Å². The van der Waals surface area contributed by atoms with Crippen molar-refractivity contribution in [2.75, 3.05) is 13.1 Å². The largest absolute Gasteiger partial charge is 0.288 e. The van der Waals surface area contributed by atoms with Gasteiger partial charge in [-0.2, -0.15) is 5.26 Å². The highest BCUT2D eigenvalue weighted by molar-refractivity contribution is 4.90. The molecule has 0 aromatic rings. The Balaban J connectivity index is 2.53. The van der Waals surface area contributed by atoms with E-state index in [0.717, 1.165) is 19.0 Å². The fourth-order valence-corrected chi connectivity index (χ4v) is 2.45. The van der Waals surface area contributed by atoms with Gasteiger partial charge in [0.15, 0.2) is 0 Å². The van der Waals surface area contributed by atoms with Crippen LogP contribution < -0.4 is 0 Å². The highest BCUT2D eigenvalue weighted by Gasteiger charge is 2.28. The van der Waals surface area contributed by atoms with Crippen LogP contribution in [0.3, 0.4) is 0 Å². The standard InChI is InChI=1S/C13H24N2/c1-11(10-14)15-8-5-6-12(7-9-15)13(2,3)4/h11-12H,5-9H2,1-4H3. The Morgan fingerprint density at radius 1 is 1.27 bits per heavy atom. The zero-order chi connectivity index (χ0) is 11.5. The molecule has 86 valence electrons. The van der Waals surface area contributed by atoms with Crippen molar-refractivity contribution in [3.63, 3.8) is 0 Å². The lowest BCUT2D eigenvalue weighted by Crippen LogP contribution is -2.33. The molecule has 0 aromatic carbocycles. The average Bonchev–Trinajstić information content (AvgIpc) is 2.40. The molecule has 0 saturated carbocycles. The lowest BCUT2D eigenvalue weighted by molar-refractivity contribution is 0.202. The van der Waals surface area contributed by atoms with Gasteiger partial charge < -0.3 is 0 Å². The van der Waals surface area contributed by atoms with Crippen LogP contribution in [-0.2, 0) is 0 Å². The molecule has 15 heavy (non-hydrogen) atoms. The number of nitrogens with zero attached hydrogens (tertiary/aromatic N) is 2. The second-order valence-corrected chi connectivity index (χ2v) is 5.83. The zero-order valence-corrected chi connectivity index (χ0v) is 10.6. The normalized spacial score (nSPS) is 26.7. The SMILES string of the molecule is CC(C#N)N1CCCC(C(C)(C)C)CC1. The van der Waals surface area contributed by atoms with Crippen LogP contribution in [0.15, 0.2) is 0 Å². The fourth-order valence-electron chi connectivity index (χ4n) is 2.45. The van der Waals surface area contributed by atoms with Gasteiger partial charge in [0, 0.05) is 0 Å². The van der Waals surface area contributed by atoms with Gasteiger partial charge in [0.25, 0.3) is 0 Å². The molecule has 0 aliphatic carbocycles. The van der Waals surface area contributed by atoms with Crippen LogP contribution in [0.25, 0.3) is 0 Å². The molecule has 2 atom stereocenters. The third-order valence-corrected chi connectivity index (χ3v) is 3.72. The van der Waals surface area contributed by atoms with E-state index in [-0.39, 0.29) is 6.04 Å². The summed E-state index contributed by atoms with van der Waals surface area (Å²) in [7, 11) is 0. The molecule has 2 nitrogen and oxygen atoms in total. The van der Waals surface area contributed by atoms with E-state index in [4.69, 9.17) is 5.26 Å². The summed E-state index contributed by atoms with van der Waals surface area (Å²) >= 11 is 0. The molecule has 2 unspecified atom stereocenters. The molecule has 1 aliphatic rings. The predicted molar refractivity (Wildman–Crippen MR) is 63.4 cm³/mol. The summed E-state index contributed by atoms with van der Waals surface area (Å²) in [5.74, 6) is 0.813. The maximum Gasteiger partial charge on any atom is 0.0949 e. The quantitative estimate of drug-likeness (QED) is 0.662. The van der Waals surface area contributed by atoms with E-state index in [9.17, 15) is 0 Å². The van der Waals surface area contributed by atoms with Gasteiger partial charge in [-0.15, -0.1) is 0 Å². The molecular weight excluding hydrogens is 184 g/mol. The first-order chi connectivity index (χ1) is 6.95. The van der Waals surface area contributed by atoms with E-state index in [2.05, 4.69) is 31.7 Å². The van der Waals surface area contributed by atoms with Crippen molar-refractivity contribution in [3.05, 3.63) is 0 Å². The lowest BCUT2D eigenvalue weighted by atomic mass is 9.77. The van der Waals surface area contributed by atoms with E-state index < -0.39 is 0 Å². The van der Waals surface area contributed by atoms with E-state index >= 15 is 0 Å². The Labute approximate surface area is 94.3 Å². The van der Waals surface area contributed by atoms with Crippen LogP contribution in [0.5, 0.6) is 0 Å². The van der Waals surface area contributed by atoms with E-state index in [1.807, 2.05) is 6.92 Å². The summed E-state index contributed by atoms with van der Waals surface area (Å²) in [6.45, 7) is 11.2. The van der Waals surface area contributed by atoms with Crippen molar-refractivity contribution in [2.45, 2.75) is 53.0 Å². The molecule has 0 amide bonds. The van der Waals surface area contributed by atoms with Gasteiger partial charge in [0.05, 0.1) is 12.1 Å². The van der Waals surface area contributed by atoms with E-state index in [0.29, 0.717) is 5.41 Å². The van der Waals surface area contributed by atoms with Gasteiger partial charge in [-0.05, 0) is 50.6 Å². The topological polar surface area (TPSA) is 27.0 Å². The highest BCUT2D eigenvalue weighted by atomic mass is 15.1. The third-order valence-electron chi connectivity index (χ3n) is 3.72. The Morgan fingerprint density at radius 2 is 1.93 bits per heavy atom. The Bertz CT molecular complexity index is 234. The smallest absolute Gasteiger partial charge is 0.0949 e. The Kier molecular flexibility index (Phi) is 4.16. The Hall–Kier alpha value is -0.550. The number of hydrogen-bond donors (Lipinski definition) is 0. The molecule has 1 heterocycles. The van der Waals surface area contributed by atoms with Crippen LogP contribution in [0.4, 0.5) is 0 Å². The van der Waals surface area contributed by atoms with Gasteiger partial charge >= 0.3 is 0 Å². The zero-order valence-electron chi connectivity index (χ0n) is 10.6. The van der Waals surface area contributed by atoms with Crippen molar-refractivity contribution < 1.29 is 0 Å². The molecule has 0 N–H and O–H groups in total. The summed E-state index contributed by atoms with van der Waals surface area (Å²) in [5, 5.41) is 8.91. The number of hydrogen-bond acceptors (Lipinski definition) is 2. The summed E-state index contributed by atoms with van der Waals surface area (Å²) in [6, 6.07) is 2.43. The summed E-state index contributed by atoms with van der Waals surface area (Å²) in [4.78, 5) is 2.33. The maximum absolute atomic E-state index is 8.91. The summed E-state index contributed by atoms with van der Waals surface area (Å²) in [5.41, 5.74) is 0.423. The van der Waals surface area contributed by atoms with Gasteiger partial charge in [-0.3, -0.25) is 4.90 Å². The second kappa shape index (κ2) is 4.99. The van der Waals surface area contributed by atoms with Crippen LogP contribution in [-0.4, -0.2) is 24.0 Å². The maximum atomic E-state index is 8.91.